The minimum atomic E-state index is -4.36. The highest BCUT2D eigenvalue weighted by atomic mass is 35.5. The van der Waals surface area contributed by atoms with Crippen LogP contribution < -0.4 is 15.2 Å². The van der Waals surface area contributed by atoms with Crippen molar-refractivity contribution in [2.45, 2.75) is 76.4 Å². The summed E-state index contributed by atoms with van der Waals surface area (Å²) in [6.45, 7) is 10.7. The summed E-state index contributed by atoms with van der Waals surface area (Å²) in [6.07, 6.45) is 4.10. The van der Waals surface area contributed by atoms with E-state index in [-0.39, 0.29) is 33.7 Å². The number of carbonyl (C=O) groups is 3. The Morgan fingerprint density at radius 2 is 1.54 bits per heavy atom. The van der Waals surface area contributed by atoms with Crippen molar-refractivity contribution in [3.63, 3.8) is 0 Å². The molecule has 59 heavy (non-hydrogen) atoms. The molecule has 14 heteroatoms. The zero-order valence-corrected chi connectivity index (χ0v) is 35.5. The van der Waals surface area contributed by atoms with Crippen LogP contribution in [0, 0.1) is 0 Å². The number of nitrogens with one attached hydrogen (secondary N) is 2. The van der Waals surface area contributed by atoms with Crippen LogP contribution in [0.2, 0.25) is 0 Å². The first-order valence-corrected chi connectivity index (χ1v) is 22.5. The first kappa shape index (κ1) is 42.3. The van der Waals surface area contributed by atoms with Gasteiger partial charge in [-0.1, -0.05) is 92.9 Å². The molecule has 1 fully saturated rings. The lowest BCUT2D eigenvalue weighted by Gasteiger charge is -2.40. The van der Waals surface area contributed by atoms with Crippen LogP contribution >= 0.6 is 11.6 Å². The Morgan fingerprint density at radius 3 is 2.25 bits per heavy atom. The van der Waals surface area contributed by atoms with Crippen LogP contribution in [0.15, 0.2) is 101 Å². The van der Waals surface area contributed by atoms with Gasteiger partial charge in [0.25, 0.3) is 27.7 Å². The molecule has 0 spiro atoms. The van der Waals surface area contributed by atoms with Gasteiger partial charge in [-0.15, -0.1) is 0 Å². The third kappa shape index (κ3) is 9.34. The predicted molar refractivity (Wildman–Crippen MR) is 230 cm³/mol. The number of halogens is 1. The molecule has 0 radical (unpaired) electrons. The van der Waals surface area contributed by atoms with Gasteiger partial charge in [0.05, 0.1) is 46.0 Å². The van der Waals surface area contributed by atoms with Crippen LogP contribution in [0.5, 0.6) is 0 Å². The molecule has 7 rings (SSSR count). The Balaban J connectivity index is 1.29. The van der Waals surface area contributed by atoms with Crippen LogP contribution in [0.3, 0.4) is 0 Å². The first-order valence-electron chi connectivity index (χ1n) is 20.6. The van der Waals surface area contributed by atoms with E-state index < -0.39 is 27.9 Å². The summed E-state index contributed by atoms with van der Waals surface area (Å²) in [4.78, 5) is 49.7. The van der Waals surface area contributed by atoms with Gasteiger partial charge in [-0.2, -0.15) is 0 Å². The third-order valence-corrected chi connectivity index (χ3v) is 13.2. The number of hydrogen-bond donors (Lipinski definition) is 2. The van der Waals surface area contributed by atoms with E-state index in [1.807, 2.05) is 48.2 Å². The van der Waals surface area contributed by atoms with Crippen molar-refractivity contribution in [2.75, 3.05) is 50.9 Å². The van der Waals surface area contributed by atoms with Crippen LogP contribution in [0.4, 0.5) is 5.69 Å². The molecular formula is C45H53ClN6O6S. The monoisotopic (exact) mass is 840 g/mol. The number of morpholine rings is 1. The van der Waals surface area contributed by atoms with Crippen LogP contribution in [0.25, 0.3) is 10.8 Å². The fourth-order valence-corrected chi connectivity index (χ4v) is 9.25. The van der Waals surface area contributed by atoms with Crippen molar-refractivity contribution < 1.29 is 27.5 Å². The number of carbonyl (C=O) groups excluding carboxylic acids is 3. The predicted octanol–water partition coefficient (Wildman–Crippen LogP) is 6.45. The summed E-state index contributed by atoms with van der Waals surface area (Å²) in [6, 6.07) is 24.0. The van der Waals surface area contributed by atoms with Gasteiger partial charge in [-0.3, -0.25) is 24.3 Å². The number of rotatable bonds is 14. The SMILES string of the molecule is CCCCN(CCCC)C(=O)C1=C(Cl)C(C)NN1c1ccc(C(=O)NS(=O)(=O)c2ccc3ccccc3c2)c(C(=O)N2Cc3ccccc3CC2CN2CCOCC2)c1. The van der Waals surface area contributed by atoms with Gasteiger partial charge in [0.2, 0.25) is 0 Å². The van der Waals surface area contributed by atoms with Crippen LogP contribution in [-0.2, 0) is 32.5 Å². The van der Waals surface area contributed by atoms with Crippen molar-refractivity contribution in [3.8, 4) is 0 Å². The van der Waals surface area contributed by atoms with Gasteiger partial charge in [-0.25, -0.2) is 18.6 Å². The highest BCUT2D eigenvalue weighted by molar-refractivity contribution is 7.90. The fourth-order valence-electron chi connectivity index (χ4n) is 8.03. The highest BCUT2D eigenvalue weighted by Gasteiger charge is 2.38. The van der Waals surface area contributed by atoms with E-state index in [1.54, 1.807) is 34.2 Å². The number of unbranched alkanes of at least 4 members (excludes halogenated alkanes) is 2. The van der Waals surface area contributed by atoms with Gasteiger partial charge in [0, 0.05) is 45.3 Å². The molecule has 1 saturated heterocycles. The zero-order valence-electron chi connectivity index (χ0n) is 34.0. The average Bonchev–Trinajstić information content (AvgIpc) is 3.55. The van der Waals surface area contributed by atoms with Crippen molar-refractivity contribution in [2.24, 2.45) is 0 Å². The van der Waals surface area contributed by atoms with Crippen molar-refractivity contribution >= 4 is 55.8 Å². The zero-order chi connectivity index (χ0) is 41.7. The second kappa shape index (κ2) is 18.6. The van der Waals surface area contributed by atoms with Crippen LogP contribution in [0.1, 0.15) is 78.3 Å². The molecular weight excluding hydrogens is 788 g/mol. The molecule has 4 aromatic rings. The van der Waals surface area contributed by atoms with Crippen LogP contribution in [-0.4, -0.2) is 98.9 Å². The lowest BCUT2D eigenvalue weighted by atomic mass is 9.92. The maximum absolute atomic E-state index is 15.2. The summed E-state index contributed by atoms with van der Waals surface area (Å²) in [5.74, 6) is -1.62. The number of hydrogen-bond acceptors (Lipinski definition) is 9. The molecule has 3 aliphatic heterocycles. The maximum Gasteiger partial charge on any atom is 0.273 e. The van der Waals surface area contributed by atoms with Gasteiger partial charge >= 0.3 is 0 Å². The van der Waals surface area contributed by atoms with Crippen molar-refractivity contribution in [1.29, 1.82) is 0 Å². The second-order valence-corrected chi connectivity index (χ2v) is 17.6. The summed E-state index contributed by atoms with van der Waals surface area (Å²) in [7, 11) is -4.36. The number of fused-ring (bicyclic) bond motifs is 2. The molecule has 0 aliphatic carbocycles. The van der Waals surface area contributed by atoms with E-state index in [2.05, 4.69) is 35.0 Å². The Kier molecular flexibility index (Phi) is 13.4. The standard InChI is InChI=1S/C45H53ClN6O6S/c1-4-6-20-50(21-7-5-2)45(55)42-41(46)31(3)47-52(42)36-17-19-39(43(53)48-59(56,57)38-18-16-32-12-8-9-14-34(32)27-38)40(28-36)44(54)51-29-35-15-11-10-13-33(35)26-37(51)30-49-22-24-58-25-23-49/h8-19,27-28,31,37,47H,4-7,20-26,29-30H2,1-3H3,(H,48,53). The Bertz CT molecular complexity index is 2340. The lowest BCUT2D eigenvalue weighted by Crippen LogP contribution is -2.52. The van der Waals surface area contributed by atoms with Gasteiger partial charge in [-0.05, 0) is 78.4 Å². The maximum atomic E-state index is 15.2. The Labute approximate surface area is 352 Å². The van der Waals surface area contributed by atoms with E-state index in [4.69, 9.17) is 16.3 Å². The van der Waals surface area contributed by atoms with Crippen molar-refractivity contribution in [3.05, 3.63) is 118 Å². The summed E-state index contributed by atoms with van der Waals surface area (Å²) in [5.41, 5.74) is 5.98. The van der Waals surface area contributed by atoms with Gasteiger partial charge in [0.1, 0.15) is 5.70 Å². The number of benzene rings is 4. The number of amides is 3. The smallest absolute Gasteiger partial charge is 0.273 e. The molecule has 3 heterocycles. The number of ether oxygens (including phenoxy) is 1. The number of sulfonamides is 1. The molecule has 0 saturated carbocycles. The minimum absolute atomic E-state index is 0.00170. The largest absolute Gasteiger partial charge is 0.379 e. The lowest BCUT2D eigenvalue weighted by molar-refractivity contribution is -0.127. The fraction of sp³-hybridized carbons (Fsp3) is 0.400. The van der Waals surface area contributed by atoms with Crippen molar-refractivity contribution in [1.82, 2.24) is 24.8 Å². The molecule has 12 nitrogen and oxygen atoms in total. The molecule has 3 amide bonds. The Hall–Kier alpha value is -4.79. The van der Waals surface area contributed by atoms with E-state index in [0.29, 0.717) is 61.9 Å². The summed E-state index contributed by atoms with van der Waals surface area (Å²) in [5, 5.41) is 3.49. The molecule has 2 N–H and O–H groups in total. The van der Waals surface area contributed by atoms with E-state index >= 15 is 4.79 Å². The quantitative estimate of drug-likeness (QED) is 0.147. The normalized spacial score (nSPS) is 18.6. The third-order valence-electron chi connectivity index (χ3n) is 11.4. The Morgan fingerprint density at radius 1 is 0.864 bits per heavy atom. The van der Waals surface area contributed by atoms with E-state index in [9.17, 15) is 18.0 Å². The second-order valence-electron chi connectivity index (χ2n) is 15.5. The summed E-state index contributed by atoms with van der Waals surface area (Å²) >= 11 is 6.92. The molecule has 312 valence electrons. The minimum Gasteiger partial charge on any atom is -0.379 e. The molecule has 2 unspecified atom stereocenters. The summed E-state index contributed by atoms with van der Waals surface area (Å²) < 4.78 is 35.5. The van der Waals surface area contributed by atoms with Gasteiger partial charge < -0.3 is 14.5 Å². The average molecular weight is 841 g/mol. The number of hydrazine groups is 1. The topological polar surface area (TPSA) is 132 Å². The number of nitrogens with zero attached hydrogens (tertiary/aromatic N) is 4. The molecule has 0 bridgehead atoms. The molecule has 0 aromatic heterocycles. The first-order chi connectivity index (χ1) is 28.5. The highest BCUT2D eigenvalue weighted by Crippen LogP contribution is 2.34. The molecule has 3 aliphatic rings. The van der Waals surface area contributed by atoms with Gasteiger partial charge in [0.15, 0.2) is 0 Å². The van der Waals surface area contributed by atoms with E-state index in [1.165, 1.54) is 18.2 Å². The van der Waals surface area contributed by atoms with E-state index in [0.717, 1.165) is 55.3 Å². The molecule has 2 atom stereocenters. The molecule has 4 aromatic carbocycles. The number of anilines is 1.